The third kappa shape index (κ3) is 3.81. The summed E-state index contributed by atoms with van der Waals surface area (Å²) in [6.07, 6.45) is 1.93. The van der Waals surface area contributed by atoms with Crippen LogP contribution in [-0.4, -0.2) is 18.4 Å². The molecular weight excluding hydrogens is 348 g/mol. The Morgan fingerprint density at radius 1 is 0.857 bits per heavy atom. The molecule has 1 aliphatic heterocycles. The van der Waals surface area contributed by atoms with Crippen LogP contribution in [0.4, 0.5) is 5.69 Å². The number of carbonyl (C=O) groups excluding carboxylic acids is 2. The van der Waals surface area contributed by atoms with Crippen molar-refractivity contribution < 1.29 is 9.59 Å². The van der Waals surface area contributed by atoms with Crippen molar-refractivity contribution in [2.24, 2.45) is 0 Å². The first kappa shape index (κ1) is 18.0. The van der Waals surface area contributed by atoms with E-state index < -0.39 is 0 Å². The van der Waals surface area contributed by atoms with Crippen LogP contribution in [0.25, 0.3) is 0 Å². The van der Waals surface area contributed by atoms with E-state index in [-0.39, 0.29) is 11.8 Å². The highest BCUT2D eigenvalue weighted by molar-refractivity contribution is 6.08. The molecule has 0 spiro atoms. The number of fused-ring (bicyclic) bond motifs is 1. The number of para-hydroxylation sites is 1. The van der Waals surface area contributed by atoms with Crippen LogP contribution in [0.1, 0.15) is 38.3 Å². The Morgan fingerprint density at radius 2 is 1.61 bits per heavy atom. The fraction of sp³-hybridized carbons (Fsp3) is 0.167. The average molecular weight is 370 g/mol. The third-order valence-electron chi connectivity index (χ3n) is 5.02. The van der Waals surface area contributed by atoms with Gasteiger partial charge in [-0.15, -0.1) is 0 Å². The number of rotatable bonds is 4. The molecule has 28 heavy (non-hydrogen) atoms. The monoisotopic (exact) mass is 370 g/mol. The van der Waals surface area contributed by atoms with Crippen molar-refractivity contribution in [3.05, 3.63) is 101 Å². The van der Waals surface area contributed by atoms with Gasteiger partial charge in [0.15, 0.2) is 0 Å². The molecule has 0 saturated heterocycles. The number of aryl methyl sites for hydroxylation is 1. The SMILES string of the molecule is O=C(NCc1ccccc1)c1cccc(C(=O)N2CCCc3ccccc32)c1. The Morgan fingerprint density at radius 3 is 2.46 bits per heavy atom. The Hall–Kier alpha value is -3.40. The van der Waals surface area contributed by atoms with Crippen LogP contribution < -0.4 is 10.2 Å². The van der Waals surface area contributed by atoms with E-state index in [1.54, 1.807) is 24.3 Å². The lowest BCUT2D eigenvalue weighted by atomic mass is 10.0. The molecule has 0 saturated carbocycles. The fourth-order valence-corrected chi connectivity index (χ4v) is 3.57. The normalized spacial score (nSPS) is 12.9. The first-order chi connectivity index (χ1) is 13.7. The number of anilines is 1. The Kier molecular flexibility index (Phi) is 5.20. The summed E-state index contributed by atoms with van der Waals surface area (Å²) in [7, 11) is 0. The maximum Gasteiger partial charge on any atom is 0.258 e. The van der Waals surface area contributed by atoms with E-state index in [9.17, 15) is 9.59 Å². The van der Waals surface area contributed by atoms with Crippen molar-refractivity contribution >= 4 is 17.5 Å². The van der Waals surface area contributed by atoms with Crippen LogP contribution in [0.5, 0.6) is 0 Å². The summed E-state index contributed by atoms with van der Waals surface area (Å²) >= 11 is 0. The molecule has 1 aliphatic rings. The summed E-state index contributed by atoms with van der Waals surface area (Å²) in [6.45, 7) is 1.15. The van der Waals surface area contributed by atoms with Crippen molar-refractivity contribution in [2.45, 2.75) is 19.4 Å². The predicted octanol–water partition coefficient (Wildman–Crippen LogP) is 4.21. The number of carbonyl (C=O) groups is 2. The van der Waals surface area contributed by atoms with Gasteiger partial charge in [-0.05, 0) is 48.2 Å². The topological polar surface area (TPSA) is 49.4 Å². The summed E-state index contributed by atoms with van der Waals surface area (Å²) in [5.74, 6) is -0.248. The molecule has 1 N–H and O–H groups in total. The van der Waals surface area contributed by atoms with Crippen molar-refractivity contribution in [1.82, 2.24) is 5.32 Å². The van der Waals surface area contributed by atoms with Gasteiger partial charge in [-0.25, -0.2) is 0 Å². The van der Waals surface area contributed by atoms with E-state index in [0.29, 0.717) is 24.2 Å². The minimum Gasteiger partial charge on any atom is -0.348 e. The molecule has 4 nitrogen and oxygen atoms in total. The van der Waals surface area contributed by atoms with Crippen molar-refractivity contribution in [2.75, 3.05) is 11.4 Å². The Labute approximate surface area is 164 Å². The molecule has 1 heterocycles. The number of benzene rings is 3. The second-order valence-corrected chi connectivity index (χ2v) is 6.94. The van der Waals surface area contributed by atoms with Gasteiger partial charge < -0.3 is 10.2 Å². The van der Waals surface area contributed by atoms with Gasteiger partial charge in [0.1, 0.15) is 0 Å². The quantitative estimate of drug-likeness (QED) is 0.748. The molecule has 2 amide bonds. The molecule has 0 aromatic heterocycles. The smallest absolute Gasteiger partial charge is 0.258 e. The lowest BCUT2D eigenvalue weighted by Crippen LogP contribution is -2.35. The van der Waals surface area contributed by atoms with E-state index in [2.05, 4.69) is 11.4 Å². The summed E-state index contributed by atoms with van der Waals surface area (Å²) in [5.41, 5.74) is 4.22. The van der Waals surface area contributed by atoms with Crippen LogP contribution in [0.2, 0.25) is 0 Å². The summed E-state index contributed by atoms with van der Waals surface area (Å²) in [5, 5.41) is 2.91. The molecule has 0 bridgehead atoms. The zero-order chi connectivity index (χ0) is 19.3. The van der Waals surface area contributed by atoms with Crippen molar-refractivity contribution in [1.29, 1.82) is 0 Å². The summed E-state index contributed by atoms with van der Waals surface area (Å²) < 4.78 is 0. The highest BCUT2D eigenvalue weighted by Gasteiger charge is 2.23. The molecule has 4 rings (SSSR count). The molecule has 0 fully saturated rings. The lowest BCUT2D eigenvalue weighted by Gasteiger charge is -2.29. The van der Waals surface area contributed by atoms with Crippen molar-refractivity contribution in [3.63, 3.8) is 0 Å². The van der Waals surface area contributed by atoms with E-state index in [1.807, 2.05) is 53.4 Å². The molecule has 0 atom stereocenters. The highest BCUT2D eigenvalue weighted by atomic mass is 16.2. The molecule has 0 unspecified atom stereocenters. The number of amides is 2. The van der Waals surface area contributed by atoms with Gasteiger partial charge in [0.25, 0.3) is 11.8 Å². The second kappa shape index (κ2) is 8.09. The van der Waals surface area contributed by atoms with Gasteiger partial charge in [0, 0.05) is 29.9 Å². The molecule has 3 aromatic carbocycles. The van der Waals surface area contributed by atoms with Gasteiger partial charge in [-0.3, -0.25) is 9.59 Å². The van der Waals surface area contributed by atoms with Crippen LogP contribution in [0.15, 0.2) is 78.9 Å². The minimum atomic E-state index is -0.183. The fourth-order valence-electron chi connectivity index (χ4n) is 3.57. The lowest BCUT2D eigenvalue weighted by molar-refractivity contribution is 0.0951. The highest BCUT2D eigenvalue weighted by Crippen LogP contribution is 2.28. The molecule has 0 aliphatic carbocycles. The van der Waals surface area contributed by atoms with Gasteiger partial charge in [0.05, 0.1) is 0 Å². The van der Waals surface area contributed by atoms with Gasteiger partial charge in [0.2, 0.25) is 0 Å². The van der Waals surface area contributed by atoms with Gasteiger partial charge in [-0.2, -0.15) is 0 Å². The number of nitrogens with one attached hydrogen (secondary N) is 1. The predicted molar refractivity (Wildman–Crippen MR) is 110 cm³/mol. The zero-order valence-electron chi connectivity index (χ0n) is 15.6. The summed E-state index contributed by atoms with van der Waals surface area (Å²) in [6, 6.07) is 24.7. The Balaban J connectivity index is 1.51. The minimum absolute atomic E-state index is 0.0649. The van der Waals surface area contributed by atoms with Crippen molar-refractivity contribution in [3.8, 4) is 0 Å². The Bertz CT molecular complexity index is 998. The third-order valence-corrected chi connectivity index (χ3v) is 5.02. The standard InChI is InChI=1S/C24H22N2O2/c27-23(25-17-18-8-2-1-3-9-18)20-11-6-12-21(16-20)24(28)26-15-7-13-19-10-4-5-14-22(19)26/h1-6,8-12,14,16H,7,13,15,17H2,(H,25,27). The zero-order valence-corrected chi connectivity index (χ0v) is 15.6. The van der Waals surface area contributed by atoms with E-state index in [4.69, 9.17) is 0 Å². The molecule has 3 aromatic rings. The first-order valence-electron chi connectivity index (χ1n) is 9.54. The van der Waals surface area contributed by atoms with Crippen LogP contribution >= 0.6 is 0 Å². The number of hydrogen-bond acceptors (Lipinski definition) is 2. The number of hydrogen-bond donors (Lipinski definition) is 1. The van der Waals surface area contributed by atoms with Crippen LogP contribution in [-0.2, 0) is 13.0 Å². The van der Waals surface area contributed by atoms with Gasteiger partial charge >= 0.3 is 0 Å². The van der Waals surface area contributed by atoms with E-state index >= 15 is 0 Å². The molecule has 140 valence electrons. The van der Waals surface area contributed by atoms with Crippen LogP contribution in [0.3, 0.4) is 0 Å². The van der Waals surface area contributed by atoms with E-state index in [1.165, 1.54) is 5.56 Å². The average Bonchev–Trinajstić information content (AvgIpc) is 2.77. The maximum atomic E-state index is 13.1. The maximum absolute atomic E-state index is 13.1. The molecule has 4 heteroatoms. The first-order valence-corrected chi connectivity index (χ1v) is 9.54. The van der Waals surface area contributed by atoms with E-state index in [0.717, 1.165) is 24.1 Å². The molecular formula is C24H22N2O2. The molecule has 0 radical (unpaired) electrons. The van der Waals surface area contributed by atoms with Crippen LogP contribution in [0, 0.1) is 0 Å². The van der Waals surface area contributed by atoms with Gasteiger partial charge in [-0.1, -0.05) is 54.6 Å². The number of nitrogens with zero attached hydrogens (tertiary/aromatic N) is 1. The summed E-state index contributed by atoms with van der Waals surface area (Å²) in [4.78, 5) is 27.5. The second-order valence-electron chi connectivity index (χ2n) is 6.94. The largest absolute Gasteiger partial charge is 0.348 e.